The Labute approximate surface area is 120 Å². The smallest absolute Gasteiger partial charge is 0.330 e. The summed E-state index contributed by atoms with van der Waals surface area (Å²) in [5.74, 6) is -1.59. The number of nitrogens with one attached hydrogen (secondary N) is 2. The standard InChI is InChI=1S/C15H13FN2O3/c16-11-6-8-12(9-7-11)17-15(21)18-13(14(19)20)10-4-2-1-3-5-10/h1-9,13H,(H,19,20)(H2,17,18,21)/t13-/m0/s1. The van der Waals surface area contributed by atoms with Gasteiger partial charge in [-0.25, -0.2) is 14.0 Å². The zero-order chi connectivity index (χ0) is 15.2. The van der Waals surface area contributed by atoms with Gasteiger partial charge in [-0.3, -0.25) is 0 Å². The zero-order valence-electron chi connectivity index (χ0n) is 10.9. The molecule has 0 heterocycles. The number of carboxylic acids is 1. The first kappa shape index (κ1) is 14.5. The predicted molar refractivity (Wildman–Crippen MR) is 75.4 cm³/mol. The summed E-state index contributed by atoms with van der Waals surface area (Å²) in [5.41, 5.74) is 0.824. The first-order valence-corrected chi connectivity index (χ1v) is 6.17. The van der Waals surface area contributed by atoms with E-state index in [-0.39, 0.29) is 0 Å². The maximum atomic E-state index is 12.8. The fourth-order valence-corrected chi connectivity index (χ4v) is 1.76. The van der Waals surface area contributed by atoms with Gasteiger partial charge in [-0.15, -0.1) is 0 Å². The first-order chi connectivity index (χ1) is 10.1. The van der Waals surface area contributed by atoms with Gasteiger partial charge in [0.2, 0.25) is 0 Å². The number of carboxylic acid groups (broad SMARTS) is 1. The molecule has 108 valence electrons. The van der Waals surface area contributed by atoms with Gasteiger partial charge in [0.25, 0.3) is 0 Å². The Hall–Kier alpha value is -2.89. The maximum Gasteiger partial charge on any atom is 0.330 e. The number of amides is 2. The second-order valence-electron chi connectivity index (χ2n) is 4.29. The average Bonchev–Trinajstić information content (AvgIpc) is 2.48. The van der Waals surface area contributed by atoms with Crippen LogP contribution in [0.25, 0.3) is 0 Å². The van der Waals surface area contributed by atoms with E-state index in [0.717, 1.165) is 0 Å². The van der Waals surface area contributed by atoms with E-state index in [2.05, 4.69) is 10.6 Å². The number of aliphatic carboxylic acids is 1. The van der Waals surface area contributed by atoms with Crippen molar-refractivity contribution in [1.82, 2.24) is 5.32 Å². The van der Waals surface area contributed by atoms with Crippen molar-refractivity contribution in [2.75, 3.05) is 5.32 Å². The highest BCUT2D eigenvalue weighted by Crippen LogP contribution is 2.13. The van der Waals surface area contributed by atoms with Crippen molar-refractivity contribution < 1.29 is 19.1 Å². The molecule has 0 radical (unpaired) electrons. The summed E-state index contributed by atoms with van der Waals surface area (Å²) in [6.07, 6.45) is 0. The van der Waals surface area contributed by atoms with E-state index in [4.69, 9.17) is 0 Å². The number of carbonyl (C=O) groups excluding carboxylic acids is 1. The monoisotopic (exact) mass is 288 g/mol. The van der Waals surface area contributed by atoms with E-state index >= 15 is 0 Å². The Morgan fingerprint density at radius 1 is 1.00 bits per heavy atom. The van der Waals surface area contributed by atoms with Crippen LogP contribution < -0.4 is 10.6 Å². The Kier molecular flexibility index (Phi) is 4.50. The minimum Gasteiger partial charge on any atom is -0.479 e. The van der Waals surface area contributed by atoms with Crippen molar-refractivity contribution in [3.05, 3.63) is 66.0 Å². The number of halogens is 1. The molecule has 0 saturated carbocycles. The highest BCUT2D eigenvalue weighted by atomic mass is 19.1. The fraction of sp³-hybridized carbons (Fsp3) is 0.0667. The molecule has 1 atom stereocenters. The number of hydrogen-bond acceptors (Lipinski definition) is 2. The van der Waals surface area contributed by atoms with E-state index in [1.54, 1.807) is 30.3 Å². The molecule has 0 aliphatic carbocycles. The molecule has 5 nitrogen and oxygen atoms in total. The summed E-state index contributed by atoms with van der Waals surface area (Å²) in [6, 6.07) is 11.7. The molecule has 21 heavy (non-hydrogen) atoms. The summed E-state index contributed by atoms with van der Waals surface area (Å²) in [6.45, 7) is 0. The van der Waals surface area contributed by atoms with Crippen LogP contribution in [0.15, 0.2) is 54.6 Å². The molecule has 2 rings (SSSR count). The molecule has 0 bridgehead atoms. The summed E-state index contributed by atoms with van der Waals surface area (Å²) in [5, 5.41) is 14.0. The van der Waals surface area contributed by atoms with Crippen LogP contribution in [0.3, 0.4) is 0 Å². The van der Waals surface area contributed by atoms with E-state index in [0.29, 0.717) is 11.3 Å². The Morgan fingerprint density at radius 3 is 2.19 bits per heavy atom. The molecule has 0 aliphatic rings. The summed E-state index contributed by atoms with van der Waals surface area (Å²) in [7, 11) is 0. The molecule has 0 fully saturated rings. The third-order valence-electron chi connectivity index (χ3n) is 2.76. The van der Waals surface area contributed by atoms with Crippen LogP contribution >= 0.6 is 0 Å². The van der Waals surface area contributed by atoms with Crippen LogP contribution in [0.4, 0.5) is 14.9 Å². The third kappa shape index (κ3) is 4.04. The highest BCUT2D eigenvalue weighted by molar-refractivity contribution is 5.92. The molecule has 0 aromatic heterocycles. The van der Waals surface area contributed by atoms with E-state index in [1.807, 2.05) is 0 Å². The van der Waals surface area contributed by atoms with Gasteiger partial charge in [0.05, 0.1) is 0 Å². The minimum atomic E-state index is -1.17. The second-order valence-corrected chi connectivity index (χ2v) is 4.29. The molecule has 3 N–H and O–H groups in total. The molecule has 2 amide bonds. The molecule has 2 aromatic carbocycles. The van der Waals surface area contributed by atoms with E-state index in [1.165, 1.54) is 24.3 Å². The SMILES string of the molecule is O=C(Nc1ccc(F)cc1)N[C@H](C(=O)O)c1ccccc1. The van der Waals surface area contributed by atoms with Gasteiger partial charge in [-0.2, -0.15) is 0 Å². The van der Waals surface area contributed by atoms with Crippen LogP contribution in [0.5, 0.6) is 0 Å². The van der Waals surface area contributed by atoms with Crippen LogP contribution in [-0.2, 0) is 4.79 Å². The van der Waals surface area contributed by atoms with Crippen molar-refractivity contribution in [3.63, 3.8) is 0 Å². The van der Waals surface area contributed by atoms with Crippen LogP contribution in [0, 0.1) is 5.82 Å². The number of carbonyl (C=O) groups is 2. The summed E-state index contributed by atoms with van der Waals surface area (Å²) < 4.78 is 12.8. The first-order valence-electron chi connectivity index (χ1n) is 6.17. The Morgan fingerprint density at radius 2 is 1.62 bits per heavy atom. The second kappa shape index (κ2) is 6.51. The molecule has 0 unspecified atom stereocenters. The van der Waals surface area contributed by atoms with Crippen molar-refractivity contribution in [3.8, 4) is 0 Å². The number of hydrogen-bond donors (Lipinski definition) is 3. The van der Waals surface area contributed by atoms with E-state index < -0.39 is 23.9 Å². The summed E-state index contributed by atoms with van der Waals surface area (Å²) >= 11 is 0. The van der Waals surface area contributed by atoms with Crippen LogP contribution in [0.1, 0.15) is 11.6 Å². The van der Waals surface area contributed by atoms with Crippen molar-refractivity contribution in [2.24, 2.45) is 0 Å². The molecule has 6 heteroatoms. The lowest BCUT2D eigenvalue weighted by Crippen LogP contribution is -2.36. The van der Waals surface area contributed by atoms with Gasteiger partial charge in [0.1, 0.15) is 5.82 Å². The molecule has 0 spiro atoms. The maximum absolute atomic E-state index is 12.8. The third-order valence-corrected chi connectivity index (χ3v) is 2.76. The minimum absolute atomic E-state index is 0.367. The quantitative estimate of drug-likeness (QED) is 0.809. The summed E-state index contributed by atoms with van der Waals surface area (Å²) in [4.78, 5) is 23.0. The number of rotatable bonds is 4. The highest BCUT2D eigenvalue weighted by Gasteiger charge is 2.21. The number of anilines is 1. The lowest BCUT2D eigenvalue weighted by atomic mass is 10.1. The molecule has 0 aliphatic heterocycles. The van der Waals surface area contributed by atoms with Crippen molar-refractivity contribution in [2.45, 2.75) is 6.04 Å². The molecule has 2 aromatic rings. The number of urea groups is 1. The van der Waals surface area contributed by atoms with Gasteiger partial charge < -0.3 is 15.7 Å². The van der Waals surface area contributed by atoms with E-state index in [9.17, 15) is 19.1 Å². The normalized spacial score (nSPS) is 11.5. The van der Waals surface area contributed by atoms with Crippen molar-refractivity contribution >= 4 is 17.7 Å². The van der Waals surface area contributed by atoms with Gasteiger partial charge in [-0.05, 0) is 29.8 Å². The van der Waals surface area contributed by atoms with Gasteiger partial charge in [-0.1, -0.05) is 30.3 Å². The average molecular weight is 288 g/mol. The zero-order valence-corrected chi connectivity index (χ0v) is 10.9. The van der Waals surface area contributed by atoms with Crippen LogP contribution in [-0.4, -0.2) is 17.1 Å². The van der Waals surface area contributed by atoms with Gasteiger partial charge in [0.15, 0.2) is 6.04 Å². The number of benzene rings is 2. The van der Waals surface area contributed by atoms with Crippen molar-refractivity contribution in [1.29, 1.82) is 0 Å². The predicted octanol–water partition coefficient (Wildman–Crippen LogP) is 2.77. The Balaban J connectivity index is 2.05. The lowest BCUT2D eigenvalue weighted by Gasteiger charge is -2.15. The molecule has 0 saturated heterocycles. The topological polar surface area (TPSA) is 78.4 Å². The fourth-order valence-electron chi connectivity index (χ4n) is 1.76. The van der Waals surface area contributed by atoms with Crippen LogP contribution in [0.2, 0.25) is 0 Å². The molecular formula is C15H13FN2O3. The lowest BCUT2D eigenvalue weighted by molar-refractivity contribution is -0.139. The largest absolute Gasteiger partial charge is 0.479 e. The molecular weight excluding hydrogens is 275 g/mol. The Bertz CT molecular complexity index is 629. The van der Waals surface area contributed by atoms with Gasteiger partial charge >= 0.3 is 12.0 Å². The van der Waals surface area contributed by atoms with Gasteiger partial charge in [0, 0.05) is 5.69 Å².